The molecule has 1 aliphatic heterocycles. The highest BCUT2D eigenvalue weighted by Crippen LogP contribution is 2.55. The summed E-state index contributed by atoms with van der Waals surface area (Å²) in [5.74, 6) is 2.90. The molecular formula is C22H31N3S. The average Bonchev–Trinajstić information content (AvgIpc) is 2.61. The molecule has 4 bridgehead atoms. The summed E-state index contributed by atoms with van der Waals surface area (Å²) in [5, 5.41) is 4.92. The van der Waals surface area contributed by atoms with Crippen molar-refractivity contribution in [1.29, 1.82) is 0 Å². The number of para-hydroxylation sites is 1. The van der Waals surface area contributed by atoms with Crippen LogP contribution in [-0.4, -0.2) is 41.7 Å². The number of thiocarbonyl (C=S) groups is 1. The maximum Gasteiger partial charge on any atom is 0.169 e. The largest absolute Gasteiger partial charge is 0.368 e. The lowest BCUT2D eigenvalue weighted by molar-refractivity contribution is -0.0112. The van der Waals surface area contributed by atoms with Gasteiger partial charge in [-0.3, -0.25) is 0 Å². The molecule has 1 aromatic carbocycles. The highest BCUT2D eigenvalue weighted by molar-refractivity contribution is 7.80. The van der Waals surface area contributed by atoms with Gasteiger partial charge in [0.05, 0.1) is 0 Å². The van der Waals surface area contributed by atoms with Gasteiger partial charge < -0.3 is 15.1 Å². The molecule has 5 fully saturated rings. The summed E-state index contributed by atoms with van der Waals surface area (Å²) >= 11 is 5.89. The topological polar surface area (TPSA) is 18.5 Å². The monoisotopic (exact) mass is 369 g/mol. The molecule has 0 aromatic heterocycles. The Balaban J connectivity index is 1.21. The van der Waals surface area contributed by atoms with Crippen molar-refractivity contribution in [3.63, 3.8) is 0 Å². The Morgan fingerprint density at radius 1 is 0.962 bits per heavy atom. The maximum absolute atomic E-state index is 5.89. The Labute approximate surface area is 163 Å². The summed E-state index contributed by atoms with van der Waals surface area (Å²) in [6.07, 6.45) is 8.56. The van der Waals surface area contributed by atoms with Gasteiger partial charge >= 0.3 is 0 Å². The van der Waals surface area contributed by atoms with Crippen LogP contribution >= 0.6 is 12.2 Å². The Morgan fingerprint density at radius 3 is 2.12 bits per heavy atom. The lowest BCUT2D eigenvalue weighted by Gasteiger charge is -2.57. The third-order valence-electron chi connectivity index (χ3n) is 7.43. The van der Waals surface area contributed by atoms with Crippen molar-refractivity contribution >= 4 is 23.0 Å². The van der Waals surface area contributed by atoms with E-state index in [4.69, 9.17) is 12.2 Å². The molecule has 140 valence electrons. The zero-order valence-electron chi connectivity index (χ0n) is 15.9. The Bertz CT molecular complexity index is 657. The van der Waals surface area contributed by atoms with Gasteiger partial charge in [-0.25, -0.2) is 0 Å². The molecule has 1 aromatic rings. The predicted octanol–water partition coefficient (Wildman–Crippen LogP) is 3.96. The van der Waals surface area contributed by atoms with Gasteiger partial charge in [-0.05, 0) is 87.1 Å². The third-order valence-corrected chi connectivity index (χ3v) is 7.79. The normalized spacial score (nSPS) is 35.7. The van der Waals surface area contributed by atoms with Gasteiger partial charge in [0, 0.05) is 37.4 Å². The molecule has 0 unspecified atom stereocenters. The van der Waals surface area contributed by atoms with E-state index in [0.29, 0.717) is 5.54 Å². The number of rotatable bonds is 2. The van der Waals surface area contributed by atoms with Gasteiger partial charge in [0.2, 0.25) is 0 Å². The van der Waals surface area contributed by atoms with Crippen LogP contribution in [-0.2, 0) is 0 Å². The van der Waals surface area contributed by atoms with E-state index in [1.807, 2.05) is 0 Å². The lowest BCUT2D eigenvalue weighted by Crippen LogP contribution is -2.63. The number of hydrogen-bond acceptors (Lipinski definition) is 2. The number of nitrogens with one attached hydrogen (secondary N) is 1. The van der Waals surface area contributed by atoms with Crippen LogP contribution in [0.3, 0.4) is 0 Å². The zero-order valence-corrected chi connectivity index (χ0v) is 16.7. The summed E-state index contributed by atoms with van der Waals surface area (Å²) in [5.41, 5.74) is 3.08. The first kappa shape index (κ1) is 16.9. The van der Waals surface area contributed by atoms with Crippen LogP contribution in [0.15, 0.2) is 24.3 Å². The number of nitrogens with zero attached hydrogens (tertiary/aromatic N) is 2. The van der Waals surface area contributed by atoms with Gasteiger partial charge in [-0.2, -0.15) is 0 Å². The fourth-order valence-corrected chi connectivity index (χ4v) is 7.04. The highest BCUT2D eigenvalue weighted by atomic mass is 32.1. The summed E-state index contributed by atoms with van der Waals surface area (Å²) in [6.45, 7) is 6.40. The minimum Gasteiger partial charge on any atom is -0.368 e. The van der Waals surface area contributed by atoms with Crippen LogP contribution < -0.4 is 10.2 Å². The van der Waals surface area contributed by atoms with E-state index in [0.717, 1.165) is 49.0 Å². The Hall–Kier alpha value is -1.29. The quantitative estimate of drug-likeness (QED) is 0.795. The molecule has 0 atom stereocenters. The molecule has 4 heteroatoms. The third kappa shape index (κ3) is 3.00. The Morgan fingerprint density at radius 2 is 1.54 bits per heavy atom. The summed E-state index contributed by atoms with van der Waals surface area (Å²) in [4.78, 5) is 4.93. The molecule has 4 aliphatic carbocycles. The molecule has 3 nitrogen and oxygen atoms in total. The molecule has 26 heavy (non-hydrogen) atoms. The molecule has 1 saturated heterocycles. The van der Waals surface area contributed by atoms with Crippen LogP contribution in [0.25, 0.3) is 0 Å². The van der Waals surface area contributed by atoms with Crippen LogP contribution in [0.4, 0.5) is 5.69 Å². The molecule has 1 heterocycles. The first-order chi connectivity index (χ1) is 12.6. The van der Waals surface area contributed by atoms with Gasteiger partial charge in [0.1, 0.15) is 0 Å². The van der Waals surface area contributed by atoms with Crippen LogP contribution in [0.1, 0.15) is 44.1 Å². The van der Waals surface area contributed by atoms with Crippen molar-refractivity contribution in [2.24, 2.45) is 17.8 Å². The number of hydrogen-bond donors (Lipinski definition) is 1. The molecule has 4 saturated carbocycles. The van der Waals surface area contributed by atoms with Gasteiger partial charge in [-0.15, -0.1) is 0 Å². The summed E-state index contributed by atoms with van der Waals surface area (Å²) in [7, 11) is 0. The van der Waals surface area contributed by atoms with E-state index in [1.54, 1.807) is 0 Å². The summed E-state index contributed by atoms with van der Waals surface area (Å²) in [6, 6.07) is 8.73. The number of anilines is 1. The minimum atomic E-state index is 0.332. The lowest BCUT2D eigenvalue weighted by atomic mass is 9.53. The second kappa shape index (κ2) is 6.40. The van der Waals surface area contributed by atoms with Crippen molar-refractivity contribution < 1.29 is 0 Å². The first-order valence-electron chi connectivity index (χ1n) is 10.5. The molecule has 5 aliphatic rings. The molecule has 0 amide bonds. The van der Waals surface area contributed by atoms with Gasteiger partial charge in [0.25, 0.3) is 0 Å². The van der Waals surface area contributed by atoms with Crippen molar-refractivity contribution in [3.8, 4) is 0 Å². The van der Waals surface area contributed by atoms with E-state index in [-0.39, 0.29) is 0 Å². The number of benzene rings is 1. The molecule has 0 spiro atoms. The fraction of sp³-hybridized carbons (Fsp3) is 0.682. The van der Waals surface area contributed by atoms with Crippen molar-refractivity contribution in [3.05, 3.63) is 29.8 Å². The highest BCUT2D eigenvalue weighted by Gasteiger charge is 2.51. The molecule has 0 radical (unpaired) electrons. The van der Waals surface area contributed by atoms with Gasteiger partial charge in [0.15, 0.2) is 5.11 Å². The predicted molar refractivity (Wildman–Crippen MR) is 112 cm³/mol. The summed E-state index contributed by atoms with van der Waals surface area (Å²) < 4.78 is 0. The fourth-order valence-electron chi connectivity index (χ4n) is 6.64. The molecular weight excluding hydrogens is 338 g/mol. The van der Waals surface area contributed by atoms with E-state index < -0.39 is 0 Å². The van der Waals surface area contributed by atoms with Crippen molar-refractivity contribution in [1.82, 2.24) is 10.2 Å². The number of piperazine rings is 1. The number of aryl methyl sites for hydroxylation is 1. The van der Waals surface area contributed by atoms with E-state index in [2.05, 4.69) is 46.3 Å². The Kier molecular flexibility index (Phi) is 4.15. The van der Waals surface area contributed by atoms with E-state index in [9.17, 15) is 0 Å². The van der Waals surface area contributed by atoms with Gasteiger partial charge in [-0.1, -0.05) is 18.2 Å². The standard InChI is InChI=1S/C22H31N3S/c1-16-4-2-3-5-20(16)24-6-8-25(9-7-24)21(26)23-22-13-17-10-18(14-22)12-19(11-17)15-22/h2-5,17-19H,6-15H2,1H3,(H,23,26). The maximum atomic E-state index is 5.89. The van der Waals surface area contributed by atoms with Crippen molar-refractivity contribution in [2.45, 2.75) is 51.0 Å². The minimum absolute atomic E-state index is 0.332. The van der Waals surface area contributed by atoms with Crippen molar-refractivity contribution in [2.75, 3.05) is 31.1 Å². The molecule has 6 rings (SSSR count). The zero-order chi connectivity index (χ0) is 17.7. The second-order valence-electron chi connectivity index (χ2n) is 9.39. The van der Waals surface area contributed by atoms with E-state index in [1.165, 1.54) is 49.8 Å². The SMILES string of the molecule is Cc1ccccc1N1CCN(C(=S)NC23CC4CC(CC(C4)C2)C3)CC1. The van der Waals surface area contributed by atoms with Crippen LogP contribution in [0, 0.1) is 24.7 Å². The average molecular weight is 370 g/mol. The molecule has 1 N–H and O–H groups in total. The smallest absolute Gasteiger partial charge is 0.169 e. The van der Waals surface area contributed by atoms with Crippen LogP contribution in [0.5, 0.6) is 0 Å². The van der Waals surface area contributed by atoms with Crippen LogP contribution in [0.2, 0.25) is 0 Å². The van der Waals surface area contributed by atoms with E-state index >= 15 is 0 Å². The first-order valence-corrected chi connectivity index (χ1v) is 10.9. The second-order valence-corrected chi connectivity index (χ2v) is 9.78.